The molecular weight excluding hydrogens is 404 g/mol. The van der Waals surface area contributed by atoms with Crippen LogP contribution in [0.25, 0.3) is 28.2 Å². The first kappa shape index (κ1) is 16.4. The molecule has 0 amide bonds. The standard InChI is InChI=1S/C20H17BrN6/c21-17-8-7-16-20(26-17)27(19(25-16)14-2-1-9-24-18(14)23)12-4-5-13-11(10-12)3-6-15(13)22/h1-2,4-5,7-10,15H,3,6,22H2,(H2,23,24)/t15-/m0/s1. The van der Waals surface area contributed by atoms with Gasteiger partial charge in [0.2, 0.25) is 0 Å². The molecule has 7 heteroatoms. The number of halogens is 1. The van der Waals surface area contributed by atoms with E-state index >= 15 is 0 Å². The van der Waals surface area contributed by atoms with Gasteiger partial charge in [-0.25, -0.2) is 15.0 Å². The highest BCUT2D eigenvalue weighted by molar-refractivity contribution is 9.10. The van der Waals surface area contributed by atoms with E-state index in [4.69, 9.17) is 16.5 Å². The molecule has 6 nitrogen and oxygen atoms in total. The van der Waals surface area contributed by atoms with Crippen molar-refractivity contribution < 1.29 is 0 Å². The molecule has 1 aromatic carbocycles. The summed E-state index contributed by atoms with van der Waals surface area (Å²) < 4.78 is 2.79. The van der Waals surface area contributed by atoms with Gasteiger partial charge in [0.25, 0.3) is 0 Å². The Labute approximate surface area is 164 Å². The Bertz CT molecular complexity index is 1180. The molecule has 0 bridgehead atoms. The number of hydrogen-bond donors (Lipinski definition) is 2. The lowest BCUT2D eigenvalue weighted by molar-refractivity contribution is 0.713. The fraction of sp³-hybridized carbons (Fsp3) is 0.150. The SMILES string of the molecule is Nc1ncccc1-c1nc2ccc(Br)nc2n1-c1ccc2c(c1)CC[C@@H]2N. The zero-order valence-corrected chi connectivity index (χ0v) is 16.0. The number of pyridine rings is 2. The molecule has 134 valence electrons. The summed E-state index contributed by atoms with van der Waals surface area (Å²) in [6.07, 6.45) is 3.64. The van der Waals surface area contributed by atoms with Gasteiger partial charge in [-0.2, -0.15) is 0 Å². The Balaban J connectivity index is 1.81. The first-order valence-corrected chi connectivity index (χ1v) is 9.56. The quantitative estimate of drug-likeness (QED) is 0.481. The summed E-state index contributed by atoms with van der Waals surface area (Å²) >= 11 is 3.47. The van der Waals surface area contributed by atoms with Crippen LogP contribution in [0.3, 0.4) is 0 Å². The molecule has 1 aliphatic rings. The van der Waals surface area contributed by atoms with Crippen LogP contribution in [0.5, 0.6) is 0 Å². The number of nitrogens with zero attached hydrogens (tertiary/aromatic N) is 4. The van der Waals surface area contributed by atoms with Gasteiger partial charge in [-0.3, -0.25) is 4.57 Å². The highest BCUT2D eigenvalue weighted by Crippen LogP contribution is 2.34. The van der Waals surface area contributed by atoms with Crippen molar-refractivity contribution in [1.29, 1.82) is 0 Å². The topological polar surface area (TPSA) is 95.6 Å². The van der Waals surface area contributed by atoms with Crippen molar-refractivity contribution in [1.82, 2.24) is 19.5 Å². The van der Waals surface area contributed by atoms with Gasteiger partial charge >= 0.3 is 0 Å². The zero-order valence-electron chi connectivity index (χ0n) is 14.4. The van der Waals surface area contributed by atoms with Gasteiger partial charge in [-0.05, 0) is 76.3 Å². The van der Waals surface area contributed by atoms with Crippen LogP contribution in [0.1, 0.15) is 23.6 Å². The summed E-state index contributed by atoms with van der Waals surface area (Å²) in [4.78, 5) is 13.7. The van der Waals surface area contributed by atoms with E-state index in [0.29, 0.717) is 5.82 Å². The van der Waals surface area contributed by atoms with Gasteiger partial charge < -0.3 is 11.5 Å². The second-order valence-corrected chi connectivity index (χ2v) is 7.52. The molecule has 1 aliphatic carbocycles. The zero-order chi connectivity index (χ0) is 18.5. The van der Waals surface area contributed by atoms with E-state index in [0.717, 1.165) is 45.7 Å². The van der Waals surface area contributed by atoms with Crippen LogP contribution in [-0.4, -0.2) is 19.5 Å². The molecule has 3 heterocycles. The number of fused-ring (bicyclic) bond motifs is 2. The first-order chi connectivity index (χ1) is 13.1. The summed E-state index contributed by atoms with van der Waals surface area (Å²) in [5.74, 6) is 1.17. The fourth-order valence-corrected chi connectivity index (χ4v) is 4.04. The van der Waals surface area contributed by atoms with Gasteiger partial charge in [-0.1, -0.05) is 6.07 Å². The van der Waals surface area contributed by atoms with Gasteiger partial charge in [0, 0.05) is 17.9 Å². The molecular formula is C20H17BrN6. The minimum Gasteiger partial charge on any atom is -0.383 e. The van der Waals surface area contributed by atoms with Crippen LogP contribution in [0.2, 0.25) is 0 Å². The average Bonchev–Trinajstić information content (AvgIpc) is 3.22. The number of anilines is 1. The molecule has 0 aliphatic heterocycles. The number of benzene rings is 1. The number of nitrogen functional groups attached to an aromatic ring is 1. The van der Waals surface area contributed by atoms with Crippen LogP contribution < -0.4 is 11.5 Å². The monoisotopic (exact) mass is 420 g/mol. The lowest BCUT2D eigenvalue weighted by Crippen LogP contribution is -2.06. The third-order valence-corrected chi connectivity index (χ3v) is 5.50. The van der Waals surface area contributed by atoms with Crippen molar-refractivity contribution in [2.45, 2.75) is 18.9 Å². The smallest absolute Gasteiger partial charge is 0.166 e. The third-order valence-electron chi connectivity index (χ3n) is 5.06. The lowest BCUT2D eigenvalue weighted by Gasteiger charge is -2.12. The lowest BCUT2D eigenvalue weighted by atomic mass is 10.1. The normalized spacial score (nSPS) is 16.0. The summed E-state index contributed by atoms with van der Waals surface area (Å²) in [5.41, 5.74) is 18.2. The van der Waals surface area contributed by atoms with E-state index in [1.807, 2.05) is 28.8 Å². The predicted molar refractivity (Wildman–Crippen MR) is 109 cm³/mol. The maximum Gasteiger partial charge on any atom is 0.166 e. The van der Waals surface area contributed by atoms with Crippen molar-refractivity contribution in [3.63, 3.8) is 0 Å². The van der Waals surface area contributed by atoms with Gasteiger partial charge in [-0.15, -0.1) is 0 Å². The largest absolute Gasteiger partial charge is 0.383 e. The van der Waals surface area contributed by atoms with Gasteiger partial charge in [0.1, 0.15) is 15.9 Å². The average molecular weight is 421 g/mol. The minimum atomic E-state index is 0.120. The van der Waals surface area contributed by atoms with E-state index in [2.05, 4.69) is 44.1 Å². The predicted octanol–water partition coefficient (Wildman–Crippen LogP) is 3.77. The number of hydrogen-bond acceptors (Lipinski definition) is 5. The molecule has 0 saturated carbocycles. The third kappa shape index (κ3) is 2.62. The van der Waals surface area contributed by atoms with Crippen LogP contribution in [0, 0.1) is 0 Å². The Morgan fingerprint density at radius 3 is 2.85 bits per heavy atom. The van der Waals surface area contributed by atoms with E-state index in [1.165, 1.54) is 11.1 Å². The summed E-state index contributed by atoms with van der Waals surface area (Å²) in [6, 6.07) is 14.1. The van der Waals surface area contributed by atoms with Crippen LogP contribution in [0.15, 0.2) is 53.3 Å². The molecule has 5 rings (SSSR count). The minimum absolute atomic E-state index is 0.120. The first-order valence-electron chi connectivity index (χ1n) is 8.76. The maximum atomic E-state index is 6.20. The summed E-state index contributed by atoms with van der Waals surface area (Å²) in [5, 5.41) is 0. The number of rotatable bonds is 2. The van der Waals surface area contributed by atoms with E-state index < -0.39 is 0 Å². The Hall–Kier alpha value is -2.77. The molecule has 0 saturated heterocycles. The summed E-state index contributed by atoms with van der Waals surface area (Å²) in [6.45, 7) is 0. The molecule has 27 heavy (non-hydrogen) atoms. The molecule has 0 spiro atoms. The molecule has 0 unspecified atom stereocenters. The second kappa shape index (κ2) is 6.14. The maximum absolute atomic E-state index is 6.20. The van der Waals surface area contributed by atoms with Crippen molar-refractivity contribution in [3.05, 3.63) is 64.4 Å². The van der Waals surface area contributed by atoms with Gasteiger partial charge in [0.15, 0.2) is 11.5 Å². The van der Waals surface area contributed by atoms with Crippen molar-refractivity contribution in [2.24, 2.45) is 5.73 Å². The Morgan fingerprint density at radius 2 is 2.00 bits per heavy atom. The van der Waals surface area contributed by atoms with Crippen molar-refractivity contribution in [3.8, 4) is 17.1 Å². The Morgan fingerprint density at radius 1 is 1.11 bits per heavy atom. The van der Waals surface area contributed by atoms with Gasteiger partial charge in [0.05, 0.1) is 5.56 Å². The number of imidazole rings is 1. The highest BCUT2D eigenvalue weighted by Gasteiger charge is 2.22. The molecule has 4 N–H and O–H groups in total. The molecule has 3 aromatic heterocycles. The van der Waals surface area contributed by atoms with Crippen LogP contribution in [-0.2, 0) is 6.42 Å². The highest BCUT2D eigenvalue weighted by atomic mass is 79.9. The van der Waals surface area contributed by atoms with E-state index in [1.54, 1.807) is 6.20 Å². The molecule has 0 fully saturated rings. The molecule has 4 aromatic rings. The van der Waals surface area contributed by atoms with Crippen molar-refractivity contribution >= 4 is 32.9 Å². The fourth-order valence-electron chi connectivity index (χ4n) is 3.74. The number of aryl methyl sites for hydroxylation is 1. The summed E-state index contributed by atoms with van der Waals surface area (Å²) in [7, 11) is 0. The van der Waals surface area contributed by atoms with Crippen molar-refractivity contribution in [2.75, 3.05) is 5.73 Å². The van der Waals surface area contributed by atoms with E-state index in [-0.39, 0.29) is 6.04 Å². The van der Waals surface area contributed by atoms with E-state index in [9.17, 15) is 0 Å². The van der Waals surface area contributed by atoms with Crippen LogP contribution in [0.4, 0.5) is 5.82 Å². The molecule has 1 atom stereocenters. The second-order valence-electron chi connectivity index (χ2n) is 6.71. The number of nitrogens with two attached hydrogens (primary N) is 2. The Kier molecular flexibility index (Phi) is 3.73. The van der Waals surface area contributed by atoms with Crippen LogP contribution >= 0.6 is 15.9 Å². The number of aromatic nitrogens is 4. The molecule has 0 radical (unpaired) electrons.